The topological polar surface area (TPSA) is 59.1 Å². The van der Waals surface area contributed by atoms with E-state index in [1.54, 1.807) is 6.20 Å². The number of hydrogen-bond acceptors (Lipinski definition) is 5. The highest BCUT2D eigenvalue weighted by atomic mass is 16.5. The van der Waals surface area contributed by atoms with Gasteiger partial charge in [-0.3, -0.25) is 0 Å². The van der Waals surface area contributed by atoms with Crippen molar-refractivity contribution in [1.82, 2.24) is 9.97 Å². The maximum atomic E-state index is 5.58. The van der Waals surface area contributed by atoms with Crippen LogP contribution in [0.1, 0.15) is 32.6 Å². The van der Waals surface area contributed by atoms with Crippen LogP contribution in [0.25, 0.3) is 0 Å². The molecule has 0 saturated carbocycles. The van der Waals surface area contributed by atoms with Gasteiger partial charge < -0.3 is 15.4 Å². The predicted molar refractivity (Wildman–Crippen MR) is 72.9 cm³/mol. The van der Waals surface area contributed by atoms with Gasteiger partial charge in [-0.1, -0.05) is 6.92 Å². The largest absolute Gasteiger partial charge is 0.378 e. The summed E-state index contributed by atoms with van der Waals surface area (Å²) < 4.78 is 5.58. The van der Waals surface area contributed by atoms with Gasteiger partial charge in [-0.05, 0) is 31.7 Å². The highest BCUT2D eigenvalue weighted by Gasteiger charge is 2.14. The lowest BCUT2D eigenvalue weighted by Crippen LogP contribution is -2.13. The molecule has 0 amide bonds. The molecule has 1 atom stereocenters. The number of hydrogen-bond donors (Lipinski definition) is 2. The van der Waals surface area contributed by atoms with Crippen LogP contribution in [0, 0.1) is 0 Å². The van der Waals surface area contributed by atoms with Crippen LogP contribution in [0.4, 0.5) is 11.8 Å². The SMILES string of the molecule is CCCNc1nccc(NCCC2CCCO2)n1. The fourth-order valence-corrected chi connectivity index (χ4v) is 2.01. The fourth-order valence-electron chi connectivity index (χ4n) is 2.01. The number of anilines is 2. The van der Waals surface area contributed by atoms with Crippen LogP contribution in [-0.4, -0.2) is 35.8 Å². The van der Waals surface area contributed by atoms with Crippen molar-refractivity contribution in [1.29, 1.82) is 0 Å². The standard InChI is InChI=1S/C13H22N4O/c1-2-7-15-13-16-9-6-12(17-13)14-8-5-11-4-3-10-18-11/h6,9,11H,2-5,7-8,10H2,1H3,(H2,14,15,16,17). The summed E-state index contributed by atoms with van der Waals surface area (Å²) in [5, 5.41) is 6.50. The van der Waals surface area contributed by atoms with Crippen LogP contribution in [0.5, 0.6) is 0 Å². The molecule has 100 valence electrons. The Balaban J connectivity index is 1.74. The second-order valence-electron chi connectivity index (χ2n) is 4.54. The van der Waals surface area contributed by atoms with Gasteiger partial charge >= 0.3 is 0 Å². The molecule has 1 aromatic heterocycles. The Morgan fingerprint density at radius 3 is 3.11 bits per heavy atom. The first-order valence-electron chi connectivity index (χ1n) is 6.81. The van der Waals surface area contributed by atoms with Gasteiger partial charge in [-0.2, -0.15) is 4.98 Å². The maximum absolute atomic E-state index is 5.58. The van der Waals surface area contributed by atoms with E-state index >= 15 is 0 Å². The zero-order valence-corrected chi connectivity index (χ0v) is 11.0. The lowest BCUT2D eigenvalue weighted by atomic mass is 10.2. The Kier molecular flexibility index (Phi) is 5.20. The van der Waals surface area contributed by atoms with Gasteiger partial charge in [0.05, 0.1) is 6.10 Å². The van der Waals surface area contributed by atoms with E-state index < -0.39 is 0 Å². The van der Waals surface area contributed by atoms with E-state index in [0.29, 0.717) is 12.1 Å². The van der Waals surface area contributed by atoms with Gasteiger partial charge in [0.2, 0.25) is 5.95 Å². The number of aromatic nitrogens is 2. The Hall–Kier alpha value is -1.36. The van der Waals surface area contributed by atoms with E-state index in [1.807, 2.05) is 6.07 Å². The molecule has 18 heavy (non-hydrogen) atoms. The Labute approximate surface area is 108 Å². The number of ether oxygens (including phenoxy) is 1. The zero-order valence-electron chi connectivity index (χ0n) is 11.0. The lowest BCUT2D eigenvalue weighted by molar-refractivity contribution is 0.107. The quantitative estimate of drug-likeness (QED) is 0.777. The van der Waals surface area contributed by atoms with Crippen molar-refractivity contribution in [3.8, 4) is 0 Å². The molecule has 0 radical (unpaired) electrons. The molecule has 1 aliphatic heterocycles. The zero-order chi connectivity index (χ0) is 12.6. The average Bonchev–Trinajstić information content (AvgIpc) is 2.90. The van der Waals surface area contributed by atoms with Crippen LogP contribution in [0.15, 0.2) is 12.3 Å². The summed E-state index contributed by atoms with van der Waals surface area (Å²) >= 11 is 0. The van der Waals surface area contributed by atoms with Crippen LogP contribution in [0.2, 0.25) is 0 Å². The molecule has 1 aromatic rings. The molecule has 0 bridgehead atoms. The lowest BCUT2D eigenvalue weighted by Gasteiger charge is -2.11. The third-order valence-electron chi connectivity index (χ3n) is 2.99. The number of rotatable bonds is 7. The predicted octanol–water partition coefficient (Wildman–Crippen LogP) is 2.28. The highest BCUT2D eigenvalue weighted by Crippen LogP contribution is 2.15. The minimum Gasteiger partial charge on any atom is -0.378 e. The molecule has 0 aliphatic carbocycles. The smallest absolute Gasteiger partial charge is 0.224 e. The van der Waals surface area contributed by atoms with E-state index in [9.17, 15) is 0 Å². The minimum atomic E-state index is 0.428. The van der Waals surface area contributed by atoms with Crippen molar-refractivity contribution in [2.24, 2.45) is 0 Å². The molecular formula is C13H22N4O. The van der Waals surface area contributed by atoms with Crippen molar-refractivity contribution < 1.29 is 4.74 Å². The van der Waals surface area contributed by atoms with E-state index in [0.717, 1.165) is 38.4 Å². The van der Waals surface area contributed by atoms with Gasteiger partial charge in [-0.25, -0.2) is 4.98 Å². The van der Waals surface area contributed by atoms with Gasteiger partial charge in [0, 0.05) is 25.9 Å². The molecule has 2 heterocycles. The van der Waals surface area contributed by atoms with Gasteiger partial charge in [0.15, 0.2) is 0 Å². The second-order valence-corrected chi connectivity index (χ2v) is 4.54. The van der Waals surface area contributed by atoms with Gasteiger partial charge in [0.25, 0.3) is 0 Å². The molecular weight excluding hydrogens is 228 g/mol. The van der Waals surface area contributed by atoms with Crippen molar-refractivity contribution in [3.63, 3.8) is 0 Å². The second kappa shape index (κ2) is 7.16. The molecule has 1 fully saturated rings. The van der Waals surface area contributed by atoms with Crippen LogP contribution in [0.3, 0.4) is 0 Å². The minimum absolute atomic E-state index is 0.428. The molecule has 2 rings (SSSR count). The van der Waals surface area contributed by atoms with Crippen LogP contribution < -0.4 is 10.6 Å². The maximum Gasteiger partial charge on any atom is 0.224 e. The van der Waals surface area contributed by atoms with E-state index in [-0.39, 0.29) is 0 Å². The van der Waals surface area contributed by atoms with Crippen molar-refractivity contribution in [2.45, 2.75) is 38.7 Å². The Morgan fingerprint density at radius 2 is 2.33 bits per heavy atom. The first-order valence-corrected chi connectivity index (χ1v) is 6.81. The molecule has 1 saturated heterocycles. The van der Waals surface area contributed by atoms with E-state index in [1.165, 1.54) is 12.8 Å². The van der Waals surface area contributed by atoms with Crippen LogP contribution in [-0.2, 0) is 4.74 Å². The van der Waals surface area contributed by atoms with Gasteiger partial charge in [-0.15, -0.1) is 0 Å². The first-order chi connectivity index (χ1) is 8.88. The first kappa shape index (κ1) is 13.1. The number of nitrogens with zero attached hydrogens (tertiary/aromatic N) is 2. The summed E-state index contributed by atoms with van der Waals surface area (Å²) in [4.78, 5) is 8.58. The van der Waals surface area contributed by atoms with Crippen molar-refractivity contribution in [3.05, 3.63) is 12.3 Å². The highest BCUT2D eigenvalue weighted by molar-refractivity contribution is 5.39. The summed E-state index contributed by atoms with van der Waals surface area (Å²) in [5.74, 6) is 1.57. The fraction of sp³-hybridized carbons (Fsp3) is 0.692. The van der Waals surface area contributed by atoms with E-state index in [2.05, 4.69) is 27.5 Å². The molecule has 5 heteroatoms. The normalized spacial score (nSPS) is 18.8. The molecule has 0 spiro atoms. The summed E-state index contributed by atoms with van der Waals surface area (Å²) in [6, 6.07) is 1.90. The molecule has 2 N–H and O–H groups in total. The molecule has 1 aliphatic rings. The molecule has 1 unspecified atom stereocenters. The Bertz CT molecular complexity index is 353. The summed E-state index contributed by atoms with van der Waals surface area (Å²) in [5.41, 5.74) is 0. The molecule has 0 aromatic carbocycles. The van der Waals surface area contributed by atoms with E-state index in [4.69, 9.17) is 4.74 Å². The van der Waals surface area contributed by atoms with Crippen LogP contribution >= 0.6 is 0 Å². The number of nitrogens with one attached hydrogen (secondary N) is 2. The van der Waals surface area contributed by atoms with Crippen molar-refractivity contribution in [2.75, 3.05) is 30.3 Å². The summed E-state index contributed by atoms with van der Waals surface area (Å²) in [6.45, 7) is 4.84. The summed E-state index contributed by atoms with van der Waals surface area (Å²) in [7, 11) is 0. The summed E-state index contributed by atoms with van der Waals surface area (Å²) in [6.07, 6.45) is 6.70. The Morgan fingerprint density at radius 1 is 1.39 bits per heavy atom. The average molecular weight is 250 g/mol. The monoisotopic (exact) mass is 250 g/mol. The molecule has 5 nitrogen and oxygen atoms in total. The third kappa shape index (κ3) is 4.14. The van der Waals surface area contributed by atoms with Crippen molar-refractivity contribution >= 4 is 11.8 Å². The van der Waals surface area contributed by atoms with Gasteiger partial charge in [0.1, 0.15) is 5.82 Å². The third-order valence-corrected chi connectivity index (χ3v) is 2.99.